The number of hydrogen-bond donors (Lipinski definition) is 1. The van der Waals surface area contributed by atoms with E-state index in [1.54, 1.807) is 0 Å². The highest BCUT2D eigenvalue weighted by atomic mass is 16.3. The number of furan rings is 2. The maximum absolute atomic E-state index is 6.43. The van der Waals surface area contributed by atoms with E-state index in [-0.39, 0.29) is 0 Å². The van der Waals surface area contributed by atoms with Crippen LogP contribution in [0.2, 0.25) is 0 Å². The van der Waals surface area contributed by atoms with Gasteiger partial charge in [0.1, 0.15) is 22.3 Å². The Balaban J connectivity index is 1.11. The van der Waals surface area contributed by atoms with Crippen LogP contribution in [-0.2, 0) is 0 Å². The molecular formula is C42H31NO2. The normalized spacial score (nSPS) is 15.1. The summed E-state index contributed by atoms with van der Waals surface area (Å²) in [6, 6.07) is 36.3. The lowest BCUT2D eigenvalue weighted by Crippen LogP contribution is -2.03. The molecule has 2 aliphatic carbocycles. The van der Waals surface area contributed by atoms with Crippen LogP contribution < -0.4 is 5.32 Å². The Labute approximate surface area is 261 Å². The van der Waals surface area contributed by atoms with Gasteiger partial charge in [-0.2, -0.15) is 0 Å². The van der Waals surface area contributed by atoms with Crippen molar-refractivity contribution in [1.82, 2.24) is 0 Å². The van der Waals surface area contributed by atoms with Crippen molar-refractivity contribution in [3.05, 3.63) is 150 Å². The Morgan fingerprint density at radius 3 is 2.13 bits per heavy atom. The molecule has 0 saturated carbocycles. The first kappa shape index (κ1) is 25.9. The van der Waals surface area contributed by atoms with Crippen LogP contribution in [0.1, 0.15) is 36.8 Å². The first-order valence-electron chi connectivity index (χ1n) is 15.8. The van der Waals surface area contributed by atoms with Crippen LogP contribution in [0.3, 0.4) is 0 Å². The summed E-state index contributed by atoms with van der Waals surface area (Å²) in [5.41, 5.74) is 13.4. The largest absolute Gasteiger partial charge is 0.456 e. The Hall–Kier alpha value is -5.54. The highest BCUT2D eigenvalue weighted by Crippen LogP contribution is 2.42. The number of fused-ring (bicyclic) bond motifs is 6. The molecule has 0 saturated heterocycles. The van der Waals surface area contributed by atoms with Crippen molar-refractivity contribution < 1.29 is 8.83 Å². The van der Waals surface area contributed by atoms with Gasteiger partial charge in [-0.15, -0.1) is 0 Å². The lowest BCUT2D eigenvalue weighted by Gasteiger charge is -2.18. The summed E-state index contributed by atoms with van der Waals surface area (Å²) in [6.07, 6.45) is 15.4. The molecule has 3 nitrogen and oxygen atoms in total. The average Bonchev–Trinajstić information content (AvgIpc) is 3.68. The zero-order valence-electron chi connectivity index (χ0n) is 24.8. The fourth-order valence-electron chi connectivity index (χ4n) is 7.09. The molecule has 0 unspecified atom stereocenters. The molecular weight excluding hydrogens is 550 g/mol. The molecule has 0 bridgehead atoms. The van der Waals surface area contributed by atoms with Gasteiger partial charge in [-0.05, 0) is 102 Å². The number of anilines is 1. The van der Waals surface area contributed by atoms with Crippen molar-refractivity contribution in [3.8, 4) is 11.1 Å². The summed E-state index contributed by atoms with van der Waals surface area (Å²) in [7, 11) is 0. The van der Waals surface area contributed by atoms with E-state index in [9.17, 15) is 0 Å². The Kier molecular flexibility index (Phi) is 6.09. The number of nitrogens with one attached hydrogen (secondary N) is 1. The van der Waals surface area contributed by atoms with Crippen molar-refractivity contribution in [2.24, 2.45) is 0 Å². The predicted molar refractivity (Wildman–Crippen MR) is 188 cm³/mol. The van der Waals surface area contributed by atoms with Crippen LogP contribution in [0.25, 0.3) is 66.2 Å². The van der Waals surface area contributed by atoms with Gasteiger partial charge in [-0.1, -0.05) is 91.0 Å². The summed E-state index contributed by atoms with van der Waals surface area (Å²) in [5.74, 6) is 0. The van der Waals surface area contributed by atoms with Crippen LogP contribution in [0.15, 0.2) is 148 Å². The highest BCUT2D eigenvalue weighted by Gasteiger charge is 2.19. The average molecular weight is 582 g/mol. The Bertz CT molecular complexity index is 2410. The zero-order valence-corrected chi connectivity index (χ0v) is 24.8. The summed E-state index contributed by atoms with van der Waals surface area (Å²) >= 11 is 0. The molecule has 0 spiro atoms. The first-order chi connectivity index (χ1) is 22.3. The second kappa shape index (κ2) is 10.6. The van der Waals surface area contributed by atoms with Gasteiger partial charge < -0.3 is 14.2 Å². The first-order valence-corrected chi connectivity index (χ1v) is 15.8. The molecule has 5 aromatic carbocycles. The highest BCUT2D eigenvalue weighted by molar-refractivity contribution is 6.17. The minimum Gasteiger partial charge on any atom is -0.456 e. The molecule has 2 aromatic heterocycles. The smallest absolute Gasteiger partial charge is 0.137 e. The molecule has 0 radical (unpaired) electrons. The fourth-order valence-corrected chi connectivity index (χ4v) is 7.09. The molecule has 1 N–H and O–H groups in total. The number of para-hydroxylation sites is 1. The van der Waals surface area contributed by atoms with Crippen molar-refractivity contribution in [2.45, 2.75) is 25.7 Å². The van der Waals surface area contributed by atoms with Crippen LogP contribution >= 0.6 is 0 Å². The second-order valence-corrected chi connectivity index (χ2v) is 12.0. The van der Waals surface area contributed by atoms with E-state index in [1.165, 1.54) is 49.9 Å². The van der Waals surface area contributed by atoms with Crippen molar-refractivity contribution in [2.75, 3.05) is 5.32 Å². The zero-order chi connectivity index (χ0) is 29.7. The van der Waals surface area contributed by atoms with Gasteiger partial charge in [-0.3, -0.25) is 0 Å². The van der Waals surface area contributed by atoms with Gasteiger partial charge in [0.15, 0.2) is 0 Å². The third-order valence-corrected chi connectivity index (χ3v) is 9.22. The van der Waals surface area contributed by atoms with Gasteiger partial charge in [-0.25, -0.2) is 0 Å². The van der Waals surface area contributed by atoms with E-state index in [1.807, 2.05) is 12.1 Å². The molecule has 216 valence electrons. The van der Waals surface area contributed by atoms with Gasteiger partial charge in [0, 0.05) is 21.9 Å². The number of benzene rings is 5. The van der Waals surface area contributed by atoms with Crippen LogP contribution in [0.5, 0.6) is 0 Å². The van der Waals surface area contributed by atoms with Crippen molar-refractivity contribution in [3.63, 3.8) is 0 Å². The molecule has 7 aromatic rings. The minimum atomic E-state index is 0.891. The molecule has 0 atom stereocenters. The van der Waals surface area contributed by atoms with Crippen LogP contribution in [0, 0.1) is 0 Å². The third-order valence-electron chi connectivity index (χ3n) is 9.22. The van der Waals surface area contributed by atoms with Gasteiger partial charge in [0.05, 0.1) is 11.1 Å². The quantitative estimate of drug-likeness (QED) is 0.220. The van der Waals surface area contributed by atoms with Gasteiger partial charge >= 0.3 is 0 Å². The molecule has 3 heteroatoms. The van der Waals surface area contributed by atoms with Crippen LogP contribution in [-0.4, -0.2) is 0 Å². The summed E-state index contributed by atoms with van der Waals surface area (Å²) in [4.78, 5) is 0. The van der Waals surface area contributed by atoms with Gasteiger partial charge in [0.2, 0.25) is 0 Å². The minimum absolute atomic E-state index is 0.891. The molecule has 0 fully saturated rings. The molecule has 0 amide bonds. The van der Waals surface area contributed by atoms with E-state index in [0.717, 1.165) is 64.5 Å². The van der Waals surface area contributed by atoms with E-state index in [4.69, 9.17) is 8.83 Å². The monoisotopic (exact) mass is 581 g/mol. The second-order valence-electron chi connectivity index (χ2n) is 12.0. The Morgan fingerprint density at radius 1 is 0.556 bits per heavy atom. The molecule has 45 heavy (non-hydrogen) atoms. The molecule has 2 aliphatic rings. The molecule has 9 rings (SSSR count). The van der Waals surface area contributed by atoms with E-state index < -0.39 is 0 Å². The number of hydrogen-bond acceptors (Lipinski definition) is 3. The maximum Gasteiger partial charge on any atom is 0.137 e. The maximum atomic E-state index is 6.43. The fraction of sp³-hybridized carbons (Fsp3) is 0.0952. The van der Waals surface area contributed by atoms with E-state index in [0.29, 0.717) is 0 Å². The Morgan fingerprint density at radius 2 is 1.29 bits per heavy atom. The van der Waals surface area contributed by atoms with E-state index >= 15 is 0 Å². The lowest BCUT2D eigenvalue weighted by molar-refractivity contribution is 0.668. The summed E-state index contributed by atoms with van der Waals surface area (Å²) < 4.78 is 12.6. The van der Waals surface area contributed by atoms with Crippen LogP contribution in [0.4, 0.5) is 5.69 Å². The van der Waals surface area contributed by atoms with Crippen molar-refractivity contribution in [1.29, 1.82) is 0 Å². The number of rotatable bonds is 5. The van der Waals surface area contributed by atoms with Gasteiger partial charge in [0.25, 0.3) is 0 Å². The van der Waals surface area contributed by atoms with Crippen molar-refractivity contribution >= 4 is 60.7 Å². The topological polar surface area (TPSA) is 38.3 Å². The van der Waals surface area contributed by atoms with E-state index in [2.05, 4.69) is 127 Å². The predicted octanol–water partition coefficient (Wildman–Crippen LogP) is 12.1. The lowest BCUT2D eigenvalue weighted by atomic mass is 9.92. The standard InChI is InChI=1S/C42H31NO2/c1-2-10-27(11-3-1)29-12-6-13-30(26-29)33-16-8-20-38-41(33)42-35(17-9-21-39(42)45-38)43-31-24-22-28(23-25-31)32-15-7-19-37-40(32)34-14-4-5-18-36(34)44-37/h2,4-22,24,26,43H,1,3,23,25H2. The molecule has 2 heterocycles. The molecule has 0 aliphatic heterocycles. The number of allylic oxidation sites excluding steroid dienone is 8. The summed E-state index contributed by atoms with van der Waals surface area (Å²) in [5, 5.41) is 8.43. The SMILES string of the molecule is C1=CC(c2cccc(-c3cccc4oc5cccc(NC6=CC=C(c7cccc8oc9ccccc9c78)CC6)c5c34)c2)=CCC1. The third kappa shape index (κ3) is 4.43. The summed E-state index contributed by atoms with van der Waals surface area (Å²) in [6.45, 7) is 0.